The van der Waals surface area contributed by atoms with Crippen molar-refractivity contribution in [3.05, 3.63) is 11.1 Å². The van der Waals surface area contributed by atoms with E-state index in [1.807, 2.05) is 0 Å². The molecule has 0 aliphatic heterocycles. The summed E-state index contributed by atoms with van der Waals surface area (Å²) in [6.07, 6.45) is 3.92. The van der Waals surface area contributed by atoms with E-state index in [9.17, 15) is 24.3 Å². The highest BCUT2D eigenvalue weighted by Gasteiger charge is 2.73. The van der Waals surface area contributed by atoms with Crippen LogP contribution in [0.3, 0.4) is 0 Å². The third kappa shape index (κ3) is 3.56. The van der Waals surface area contributed by atoms with Crippen LogP contribution >= 0.6 is 0 Å². The number of aliphatic carboxylic acids is 1. The molecule has 0 aromatic carbocycles. The molecule has 0 aromatic rings. The Bertz CT molecular complexity index is 1160. The minimum absolute atomic E-state index is 0.00561. The maximum atomic E-state index is 14.5. The van der Waals surface area contributed by atoms with Crippen molar-refractivity contribution in [3.8, 4) is 0 Å². The first-order valence-electron chi connectivity index (χ1n) is 15.2. The Balaban J connectivity index is 1.83. The molecule has 0 amide bonds. The van der Waals surface area contributed by atoms with Crippen molar-refractivity contribution in [2.24, 2.45) is 56.2 Å². The Morgan fingerprint density at radius 3 is 2.08 bits per heavy atom. The molecule has 2 unspecified atom stereocenters. The summed E-state index contributed by atoms with van der Waals surface area (Å²) in [5.74, 6) is -0.522. The number of Topliss-reactive ketones (excluding diaryl/α,β-unsaturated/α-hetero) is 3. The third-order valence-electron chi connectivity index (χ3n) is 14.2. The standard InChI is InChI=1S/C34H52O5/c1-19(28(38)39)14-23(35)15-21(3)31(8)17-22(4)34(11)26-20(2)16-32(9)29(5,6)25(37)12-13-30(32,7)27(26)24(36)18-33(31,34)10/h19-22H,12-18H2,1-11H3,(H,38,39)/t19-,20?,21?,22+,30-,31-,32+,33-,34+/m1/s1. The average molecular weight is 541 g/mol. The normalized spacial score (nSPS) is 44.8. The second kappa shape index (κ2) is 8.86. The molecule has 2 saturated carbocycles. The molecule has 39 heavy (non-hydrogen) atoms. The smallest absolute Gasteiger partial charge is 0.306 e. The zero-order valence-electron chi connectivity index (χ0n) is 26.3. The molecule has 0 saturated heterocycles. The first kappa shape index (κ1) is 30.2. The lowest BCUT2D eigenvalue weighted by molar-refractivity contribution is -0.160. The third-order valence-corrected chi connectivity index (χ3v) is 14.2. The van der Waals surface area contributed by atoms with E-state index in [0.29, 0.717) is 31.0 Å². The Hall–Kier alpha value is -1.78. The van der Waals surface area contributed by atoms with Crippen LogP contribution in [0.5, 0.6) is 0 Å². The van der Waals surface area contributed by atoms with Gasteiger partial charge in [-0.1, -0.05) is 81.7 Å². The van der Waals surface area contributed by atoms with Crippen LogP contribution in [0.1, 0.15) is 121 Å². The number of carbonyl (C=O) groups excluding carboxylic acids is 3. The fourth-order valence-electron chi connectivity index (χ4n) is 10.7. The second-order valence-electron chi connectivity index (χ2n) is 15.9. The molecule has 218 valence electrons. The van der Waals surface area contributed by atoms with E-state index in [2.05, 4.69) is 69.2 Å². The van der Waals surface area contributed by atoms with Crippen molar-refractivity contribution in [2.75, 3.05) is 0 Å². The van der Waals surface area contributed by atoms with Gasteiger partial charge in [0.05, 0.1) is 5.92 Å². The van der Waals surface area contributed by atoms with Crippen molar-refractivity contribution in [1.29, 1.82) is 0 Å². The molecule has 2 fully saturated rings. The van der Waals surface area contributed by atoms with Gasteiger partial charge in [0.15, 0.2) is 5.78 Å². The predicted octanol–water partition coefficient (Wildman–Crippen LogP) is 7.46. The Morgan fingerprint density at radius 2 is 1.51 bits per heavy atom. The molecule has 9 atom stereocenters. The van der Waals surface area contributed by atoms with Crippen molar-refractivity contribution in [1.82, 2.24) is 0 Å². The molecule has 0 bridgehead atoms. The molecule has 4 aliphatic carbocycles. The largest absolute Gasteiger partial charge is 0.481 e. The number of fused-ring (bicyclic) bond motifs is 4. The van der Waals surface area contributed by atoms with Gasteiger partial charge in [0, 0.05) is 42.1 Å². The summed E-state index contributed by atoms with van der Waals surface area (Å²) in [6.45, 7) is 24.1. The summed E-state index contributed by atoms with van der Waals surface area (Å²) in [6, 6.07) is 0. The van der Waals surface area contributed by atoms with Gasteiger partial charge in [-0.25, -0.2) is 0 Å². The first-order valence-corrected chi connectivity index (χ1v) is 15.2. The molecular weight excluding hydrogens is 488 g/mol. The van der Waals surface area contributed by atoms with Crippen molar-refractivity contribution in [2.45, 2.75) is 121 Å². The number of carboxylic acids is 1. The predicted molar refractivity (Wildman–Crippen MR) is 153 cm³/mol. The molecule has 4 rings (SSSR count). The van der Waals surface area contributed by atoms with Gasteiger partial charge in [-0.2, -0.15) is 0 Å². The van der Waals surface area contributed by atoms with E-state index in [-0.39, 0.29) is 56.9 Å². The number of allylic oxidation sites excluding steroid dienone is 2. The lowest BCUT2D eigenvalue weighted by Gasteiger charge is -2.67. The van der Waals surface area contributed by atoms with Gasteiger partial charge < -0.3 is 5.11 Å². The van der Waals surface area contributed by atoms with Crippen molar-refractivity contribution in [3.63, 3.8) is 0 Å². The van der Waals surface area contributed by atoms with Gasteiger partial charge in [-0.05, 0) is 58.7 Å². The Labute approximate surface area is 236 Å². The summed E-state index contributed by atoms with van der Waals surface area (Å²) in [5.41, 5.74) is 0.449. The number of rotatable bonds is 6. The van der Waals surface area contributed by atoms with E-state index in [0.717, 1.165) is 24.8 Å². The highest BCUT2D eigenvalue weighted by molar-refractivity contribution is 6.01. The number of carbonyl (C=O) groups is 4. The van der Waals surface area contributed by atoms with Gasteiger partial charge in [-0.15, -0.1) is 0 Å². The lowest BCUT2D eigenvalue weighted by atomic mass is 9.35. The summed E-state index contributed by atoms with van der Waals surface area (Å²) >= 11 is 0. The number of ketones is 3. The lowest BCUT2D eigenvalue weighted by Crippen LogP contribution is -2.63. The fourth-order valence-corrected chi connectivity index (χ4v) is 10.7. The van der Waals surface area contributed by atoms with E-state index in [1.54, 1.807) is 6.92 Å². The maximum absolute atomic E-state index is 14.5. The monoisotopic (exact) mass is 540 g/mol. The van der Waals surface area contributed by atoms with Crippen LogP contribution < -0.4 is 0 Å². The van der Waals surface area contributed by atoms with Gasteiger partial charge >= 0.3 is 5.97 Å². The quantitative estimate of drug-likeness (QED) is 0.378. The SMILES string of the molecule is CC1C[C@@]2(C)C(C)(C)C(=O)CC[C@]2(C)C2=C1[C@]1(C)[C@@H](C)C[C@](C)(C(C)CC(=O)C[C@@H](C)C(=O)O)[C@@]1(C)CC2=O. The van der Waals surface area contributed by atoms with E-state index in [4.69, 9.17) is 0 Å². The highest BCUT2D eigenvalue weighted by Crippen LogP contribution is 2.79. The van der Waals surface area contributed by atoms with Gasteiger partial charge in [0.1, 0.15) is 11.6 Å². The maximum Gasteiger partial charge on any atom is 0.306 e. The molecule has 0 radical (unpaired) electrons. The van der Waals surface area contributed by atoms with Crippen LogP contribution in [0.2, 0.25) is 0 Å². The van der Waals surface area contributed by atoms with E-state index < -0.39 is 17.3 Å². The zero-order chi connectivity index (χ0) is 29.7. The number of hydrogen-bond donors (Lipinski definition) is 1. The topological polar surface area (TPSA) is 88.5 Å². The molecule has 0 heterocycles. The second-order valence-corrected chi connectivity index (χ2v) is 15.9. The van der Waals surface area contributed by atoms with E-state index >= 15 is 0 Å². The molecule has 1 N–H and O–H groups in total. The highest BCUT2D eigenvalue weighted by atomic mass is 16.4. The molecule has 0 spiro atoms. The van der Waals surface area contributed by atoms with Crippen LogP contribution in [0.25, 0.3) is 0 Å². The summed E-state index contributed by atoms with van der Waals surface area (Å²) in [7, 11) is 0. The average Bonchev–Trinajstić information content (AvgIpc) is 2.97. The van der Waals surface area contributed by atoms with Crippen LogP contribution in [0, 0.1) is 56.2 Å². The Kier molecular flexibility index (Phi) is 6.86. The molecule has 5 heteroatoms. The molecule has 4 aliphatic rings. The molecular formula is C34H52O5. The minimum atomic E-state index is -0.937. The molecule has 5 nitrogen and oxygen atoms in total. The fraction of sp³-hybridized carbons (Fsp3) is 0.824. The summed E-state index contributed by atoms with van der Waals surface area (Å²) in [5, 5.41) is 9.31. The van der Waals surface area contributed by atoms with Gasteiger partial charge in [-0.3, -0.25) is 19.2 Å². The van der Waals surface area contributed by atoms with Crippen molar-refractivity contribution >= 4 is 23.3 Å². The van der Waals surface area contributed by atoms with Crippen LogP contribution in [-0.4, -0.2) is 28.4 Å². The van der Waals surface area contributed by atoms with Crippen LogP contribution in [0.4, 0.5) is 0 Å². The van der Waals surface area contributed by atoms with Gasteiger partial charge in [0.25, 0.3) is 0 Å². The minimum Gasteiger partial charge on any atom is -0.481 e. The van der Waals surface area contributed by atoms with Gasteiger partial charge in [0.2, 0.25) is 0 Å². The summed E-state index contributed by atoms with van der Waals surface area (Å²) in [4.78, 5) is 52.1. The van der Waals surface area contributed by atoms with E-state index in [1.165, 1.54) is 5.57 Å². The number of hydrogen-bond acceptors (Lipinski definition) is 4. The molecule has 0 aromatic heterocycles. The summed E-state index contributed by atoms with van der Waals surface area (Å²) < 4.78 is 0. The van der Waals surface area contributed by atoms with Crippen molar-refractivity contribution < 1.29 is 24.3 Å². The zero-order valence-corrected chi connectivity index (χ0v) is 26.3. The first-order chi connectivity index (χ1) is 17.7. The number of carboxylic acid groups (broad SMARTS) is 1. The Morgan fingerprint density at radius 1 is 0.923 bits per heavy atom. The van der Waals surface area contributed by atoms with Crippen LogP contribution in [-0.2, 0) is 19.2 Å². The van der Waals surface area contributed by atoms with Crippen LogP contribution in [0.15, 0.2) is 11.1 Å².